The van der Waals surface area contributed by atoms with Crippen molar-refractivity contribution in [2.75, 3.05) is 13.1 Å². The van der Waals surface area contributed by atoms with Gasteiger partial charge in [0, 0.05) is 18.0 Å². The Balaban J connectivity index is 1.51. The number of fused-ring (bicyclic) bond motifs is 1. The maximum atomic E-state index is 12.0. The van der Waals surface area contributed by atoms with Crippen LogP contribution in [0.15, 0.2) is 24.3 Å². The van der Waals surface area contributed by atoms with Gasteiger partial charge in [-0.25, -0.2) is 0 Å². The van der Waals surface area contributed by atoms with Crippen molar-refractivity contribution < 1.29 is 4.79 Å². The molecule has 0 saturated heterocycles. The highest BCUT2D eigenvalue weighted by Crippen LogP contribution is 2.18. The number of carbonyl (C=O) groups excluding carboxylic acids is 1. The molecule has 1 aliphatic rings. The van der Waals surface area contributed by atoms with Crippen LogP contribution in [-0.2, 0) is 0 Å². The van der Waals surface area contributed by atoms with Gasteiger partial charge in [-0.3, -0.25) is 9.89 Å². The molecule has 1 saturated carbocycles. The molecule has 1 aliphatic carbocycles. The Morgan fingerprint density at radius 2 is 2.16 bits per heavy atom. The first-order chi connectivity index (χ1) is 9.34. The van der Waals surface area contributed by atoms with Crippen LogP contribution in [0.1, 0.15) is 29.8 Å². The van der Waals surface area contributed by atoms with Crippen LogP contribution in [-0.4, -0.2) is 35.2 Å². The van der Waals surface area contributed by atoms with E-state index >= 15 is 0 Å². The Labute approximate surface area is 111 Å². The van der Waals surface area contributed by atoms with Crippen LogP contribution in [0.3, 0.4) is 0 Å². The number of nitrogens with one attached hydrogen (secondary N) is 3. The third-order valence-electron chi connectivity index (χ3n) is 3.33. The van der Waals surface area contributed by atoms with Gasteiger partial charge in [0.15, 0.2) is 5.69 Å². The van der Waals surface area contributed by atoms with E-state index in [1.807, 2.05) is 24.3 Å². The van der Waals surface area contributed by atoms with Gasteiger partial charge in [-0.1, -0.05) is 18.2 Å². The number of aromatic nitrogens is 2. The van der Waals surface area contributed by atoms with Crippen LogP contribution in [0, 0.1) is 0 Å². The van der Waals surface area contributed by atoms with Gasteiger partial charge < -0.3 is 10.6 Å². The molecular weight excluding hydrogens is 240 g/mol. The smallest absolute Gasteiger partial charge is 0.272 e. The van der Waals surface area contributed by atoms with E-state index in [-0.39, 0.29) is 5.91 Å². The first-order valence-corrected chi connectivity index (χ1v) is 6.79. The van der Waals surface area contributed by atoms with Crippen LogP contribution >= 0.6 is 0 Å². The zero-order chi connectivity index (χ0) is 13.1. The maximum Gasteiger partial charge on any atom is 0.272 e. The second-order valence-corrected chi connectivity index (χ2v) is 4.96. The molecule has 1 aromatic heterocycles. The summed E-state index contributed by atoms with van der Waals surface area (Å²) in [5, 5.41) is 14.2. The summed E-state index contributed by atoms with van der Waals surface area (Å²) in [6.07, 6.45) is 3.54. The van der Waals surface area contributed by atoms with E-state index in [0.717, 1.165) is 29.9 Å². The van der Waals surface area contributed by atoms with Crippen LogP contribution in [0.4, 0.5) is 0 Å². The van der Waals surface area contributed by atoms with E-state index < -0.39 is 0 Å². The molecule has 0 atom stereocenters. The molecule has 5 nitrogen and oxygen atoms in total. The number of nitrogens with zero attached hydrogens (tertiary/aromatic N) is 1. The SMILES string of the molecule is O=C(NCCCNC1CC1)c1n[nH]c2ccccc12. The lowest BCUT2D eigenvalue weighted by Gasteiger charge is -2.04. The number of rotatable bonds is 6. The molecule has 1 fully saturated rings. The van der Waals surface area contributed by atoms with Crippen LogP contribution < -0.4 is 10.6 Å². The van der Waals surface area contributed by atoms with Crippen molar-refractivity contribution in [3.63, 3.8) is 0 Å². The number of aromatic amines is 1. The highest BCUT2D eigenvalue weighted by molar-refractivity contribution is 6.04. The van der Waals surface area contributed by atoms with Crippen LogP contribution in [0.5, 0.6) is 0 Å². The Bertz CT molecular complexity index is 574. The normalized spacial score (nSPS) is 14.7. The molecule has 2 aromatic rings. The molecule has 1 aromatic carbocycles. The molecule has 100 valence electrons. The summed E-state index contributed by atoms with van der Waals surface area (Å²) < 4.78 is 0. The van der Waals surface area contributed by atoms with Crippen molar-refractivity contribution in [2.45, 2.75) is 25.3 Å². The number of hydrogen-bond donors (Lipinski definition) is 3. The fourth-order valence-corrected chi connectivity index (χ4v) is 2.10. The van der Waals surface area contributed by atoms with Crippen molar-refractivity contribution in [3.8, 4) is 0 Å². The van der Waals surface area contributed by atoms with E-state index in [0.29, 0.717) is 12.2 Å². The van der Waals surface area contributed by atoms with E-state index in [1.165, 1.54) is 12.8 Å². The van der Waals surface area contributed by atoms with E-state index in [4.69, 9.17) is 0 Å². The monoisotopic (exact) mass is 258 g/mol. The summed E-state index contributed by atoms with van der Waals surface area (Å²) in [6, 6.07) is 8.38. The minimum atomic E-state index is -0.108. The second-order valence-electron chi connectivity index (χ2n) is 4.96. The van der Waals surface area contributed by atoms with Gasteiger partial charge in [-0.15, -0.1) is 0 Å². The molecule has 0 spiro atoms. The van der Waals surface area contributed by atoms with E-state index in [1.54, 1.807) is 0 Å². The largest absolute Gasteiger partial charge is 0.351 e. The maximum absolute atomic E-state index is 12.0. The van der Waals surface area contributed by atoms with Gasteiger partial charge in [0.05, 0.1) is 5.52 Å². The average molecular weight is 258 g/mol. The Morgan fingerprint density at radius 1 is 1.32 bits per heavy atom. The van der Waals surface area contributed by atoms with Crippen molar-refractivity contribution in [2.24, 2.45) is 0 Å². The first kappa shape index (κ1) is 12.2. The van der Waals surface area contributed by atoms with Crippen molar-refractivity contribution >= 4 is 16.8 Å². The lowest BCUT2D eigenvalue weighted by atomic mass is 10.2. The topological polar surface area (TPSA) is 69.8 Å². The molecule has 3 rings (SSSR count). The average Bonchev–Trinajstić information content (AvgIpc) is 3.15. The fraction of sp³-hybridized carbons (Fsp3) is 0.429. The third-order valence-corrected chi connectivity index (χ3v) is 3.33. The third kappa shape index (κ3) is 2.93. The fourth-order valence-electron chi connectivity index (χ4n) is 2.10. The van der Waals surface area contributed by atoms with Crippen molar-refractivity contribution in [1.82, 2.24) is 20.8 Å². The number of benzene rings is 1. The highest BCUT2D eigenvalue weighted by Gasteiger charge is 2.19. The summed E-state index contributed by atoms with van der Waals surface area (Å²) in [5.74, 6) is -0.108. The molecule has 1 amide bonds. The molecule has 3 N–H and O–H groups in total. The van der Waals surface area contributed by atoms with Crippen molar-refractivity contribution in [3.05, 3.63) is 30.0 Å². The number of hydrogen-bond acceptors (Lipinski definition) is 3. The molecule has 5 heteroatoms. The number of H-pyrrole nitrogens is 1. The zero-order valence-electron chi connectivity index (χ0n) is 10.8. The predicted molar refractivity (Wildman–Crippen MR) is 74.1 cm³/mol. The number of amides is 1. The first-order valence-electron chi connectivity index (χ1n) is 6.79. The van der Waals surface area contributed by atoms with Crippen molar-refractivity contribution in [1.29, 1.82) is 0 Å². The molecule has 1 heterocycles. The van der Waals surface area contributed by atoms with Gasteiger partial charge in [-0.2, -0.15) is 5.10 Å². The molecule has 0 aliphatic heterocycles. The number of para-hydroxylation sites is 1. The standard InChI is InChI=1S/C14H18N4O/c19-14(16-9-3-8-15-10-6-7-10)13-11-4-1-2-5-12(11)17-18-13/h1-2,4-5,10,15H,3,6-9H2,(H,16,19)(H,17,18). The van der Waals surface area contributed by atoms with E-state index in [2.05, 4.69) is 20.8 Å². The molecule has 0 unspecified atom stereocenters. The lowest BCUT2D eigenvalue weighted by molar-refractivity contribution is 0.0950. The Kier molecular flexibility index (Phi) is 3.46. The predicted octanol–water partition coefficient (Wildman–Crippen LogP) is 1.43. The molecule has 19 heavy (non-hydrogen) atoms. The summed E-state index contributed by atoms with van der Waals surface area (Å²) in [6.45, 7) is 1.64. The van der Waals surface area contributed by atoms with Gasteiger partial charge in [0.25, 0.3) is 5.91 Å². The Hall–Kier alpha value is -1.88. The minimum Gasteiger partial charge on any atom is -0.351 e. The Morgan fingerprint density at radius 3 is 3.00 bits per heavy atom. The van der Waals surface area contributed by atoms with E-state index in [9.17, 15) is 4.79 Å². The summed E-state index contributed by atoms with van der Waals surface area (Å²) in [7, 11) is 0. The van der Waals surface area contributed by atoms with Crippen LogP contribution in [0.25, 0.3) is 10.9 Å². The summed E-state index contributed by atoms with van der Waals surface area (Å²) in [4.78, 5) is 12.0. The zero-order valence-corrected chi connectivity index (χ0v) is 10.8. The van der Waals surface area contributed by atoms with Crippen LogP contribution in [0.2, 0.25) is 0 Å². The molecule has 0 radical (unpaired) electrons. The van der Waals surface area contributed by atoms with Gasteiger partial charge in [-0.05, 0) is 31.9 Å². The lowest BCUT2D eigenvalue weighted by Crippen LogP contribution is -2.28. The quantitative estimate of drug-likeness (QED) is 0.687. The summed E-state index contributed by atoms with van der Waals surface area (Å²) in [5.41, 5.74) is 1.37. The molecular formula is C14H18N4O. The van der Waals surface area contributed by atoms with Gasteiger partial charge in [0.1, 0.15) is 0 Å². The molecule has 0 bridgehead atoms. The number of carbonyl (C=O) groups is 1. The second kappa shape index (κ2) is 5.40. The summed E-state index contributed by atoms with van der Waals surface area (Å²) >= 11 is 0. The highest BCUT2D eigenvalue weighted by atomic mass is 16.1. The van der Waals surface area contributed by atoms with Gasteiger partial charge in [0.2, 0.25) is 0 Å². The van der Waals surface area contributed by atoms with Gasteiger partial charge >= 0.3 is 0 Å². The minimum absolute atomic E-state index is 0.108.